The number of nitrogens with one attached hydrogen (secondary N) is 1. The molecular formula is C16H20FNO3. The summed E-state index contributed by atoms with van der Waals surface area (Å²) in [7, 11) is 0. The Morgan fingerprint density at radius 1 is 1.43 bits per heavy atom. The van der Waals surface area contributed by atoms with Gasteiger partial charge in [0.25, 0.3) is 0 Å². The standard InChI is InChI=1S/C16H20FNO3/c1-10-2-3-11(17)8-14(10)21-13-6-7-16(9-13,15(19)20)18-12-4-5-12/h2-3,8,12-13,18H,4-7,9H2,1H3,(H,19,20). The lowest BCUT2D eigenvalue weighted by molar-refractivity contribution is -0.145. The summed E-state index contributed by atoms with van der Waals surface area (Å²) >= 11 is 0. The smallest absolute Gasteiger partial charge is 0.324 e. The number of hydrogen-bond donors (Lipinski definition) is 2. The summed E-state index contributed by atoms with van der Waals surface area (Å²) in [6.07, 6.45) is 3.55. The number of aliphatic carboxylic acids is 1. The van der Waals surface area contributed by atoms with Crippen LogP contribution in [0.3, 0.4) is 0 Å². The summed E-state index contributed by atoms with van der Waals surface area (Å²) in [5.74, 6) is -0.640. The van der Waals surface area contributed by atoms with Crippen molar-refractivity contribution in [2.45, 2.75) is 56.7 Å². The Bertz CT molecular complexity index is 558. The van der Waals surface area contributed by atoms with Crippen LogP contribution in [0.25, 0.3) is 0 Å². The minimum atomic E-state index is -0.882. The van der Waals surface area contributed by atoms with Crippen LogP contribution in [0.1, 0.15) is 37.7 Å². The fourth-order valence-corrected chi connectivity index (χ4v) is 2.99. The van der Waals surface area contributed by atoms with Crippen LogP contribution in [0.4, 0.5) is 4.39 Å². The molecule has 1 aromatic carbocycles. The number of carboxylic acid groups (broad SMARTS) is 1. The molecule has 114 valence electrons. The van der Waals surface area contributed by atoms with E-state index in [1.165, 1.54) is 12.1 Å². The third-order valence-corrected chi connectivity index (χ3v) is 4.38. The van der Waals surface area contributed by atoms with Crippen LogP contribution >= 0.6 is 0 Å². The quantitative estimate of drug-likeness (QED) is 0.876. The summed E-state index contributed by atoms with van der Waals surface area (Å²) in [5, 5.41) is 12.8. The van der Waals surface area contributed by atoms with Crippen molar-refractivity contribution in [2.24, 2.45) is 0 Å². The van der Waals surface area contributed by atoms with Gasteiger partial charge in [-0.3, -0.25) is 10.1 Å². The van der Waals surface area contributed by atoms with E-state index in [9.17, 15) is 14.3 Å². The second-order valence-corrected chi connectivity index (χ2v) is 6.20. The Morgan fingerprint density at radius 2 is 2.19 bits per heavy atom. The van der Waals surface area contributed by atoms with E-state index in [-0.39, 0.29) is 11.9 Å². The van der Waals surface area contributed by atoms with Crippen molar-refractivity contribution in [2.75, 3.05) is 0 Å². The SMILES string of the molecule is Cc1ccc(F)cc1OC1CCC(NC2CC2)(C(=O)O)C1. The van der Waals surface area contributed by atoms with E-state index < -0.39 is 11.5 Å². The molecule has 2 N–H and O–H groups in total. The average Bonchev–Trinajstić information content (AvgIpc) is 3.14. The first kappa shape index (κ1) is 14.3. The van der Waals surface area contributed by atoms with Crippen molar-refractivity contribution in [1.29, 1.82) is 0 Å². The fourth-order valence-electron chi connectivity index (χ4n) is 2.99. The molecule has 0 saturated heterocycles. The minimum Gasteiger partial charge on any atom is -0.490 e. The molecule has 2 aliphatic carbocycles. The largest absolute Gasteiger partial charge is 0.490 e. The fraction of sp³-hybridized carbons (Fsp3) is 0.562. The van der Waals surface area contributed by atoms with Gasteiger partial charge in [-0.1, -0.05) is 6.07 Å². The highest BCUT2D eigenvalue weighted by molar-refractivity contribution is 5.79. The van der Waals surface area contributed by atoms with E-state index in [1.54, 1.807) is 6.07 Å². The van der Waals surface area contributed by atoms with Crippen molar-refractivity contribution in [3.8, 4) is 5.75 Å². The zero-order valence-corrected chi connectivity index (χ0v) is 12.1. The molecule has 21 heavy (non-hydrogen) atoms. The number of rotatable bonds is 5. The Labute approximate surface area is 123 Å². The average molecular weight is 293 g/mol. The van der Waals surface area contributed by atoms with Gasteiger partial charge < -0.3 is 9.84 Å². The van der Waals surface area contributed by atoms with Gasteiger partial charge in [-0.2, -0.15) is 0 Å². The van der Waals surface area contributed by atoms with Crippen LogP contribution in [0, 0.1) is 12.7 Å². The number of halogens is 1. The molecule has 0 aliphatic heterocycles. The van der Waals surface area contributed by atoms with Crippen LogP contribution in [-0.2, 0) is 4.79 Å². The first-order valence-electron chi connectivity index (χ1n) is 7.42. The van der Waals surface area contributed by atoms with Crippen molar-refractivity contribution in [1.82, 2.24) is 5.32 Å². The summed E-state index contributed by atoms with van der Waals surface area (Å²) in [6.45, 7) is 1.86. The van der Waals surface area contributed by atoms with Gasteiger partial charge in [0.1, 0.15) is 23.2 Å². The van der Waals surface area contributed by atoms with Gasteiger partial charge in [-0.05, 0) is 44.2 Å². The number of hydrogen-bond acceptors (Lipinski definition) is 3. The third kappa shape index (κ3) is 3.02. The van der Waals surface area contributed by atoms with E-state index in [1.807, 2.05) is 6.92 Å². The Kier molecular flexibility index (Phi) is 3.61. The van der Waals surface area contributed by atoms with Gasteiger partial charge in [0, 0.05) is 18.5 Å². The molecule has 2 atom stereocenters. The van der Waals surface area contributed by atoms with Crippen molar-refractivity contribution < 1.29 is 19.0 Å². The maximum atomic E-state index is 13.3. The molecule has 2 unspecified atom stereocenters. The van der Waals surface area contributed by atoms with E-state index in [0.29, 0.717) is 31.1 Å². The van der Waals surface area contributed by atoms with Gasteiger partial charge >= 0.3 is 5.97 Å². The predicted molar refractivity (Wildman–Crippen MR) is 75.9 cm³/mol. The highest BCUT2D eigenvalue weighted by atomic mass is 19.1. The van der Waals surface area contributed by atoms with E-state index in [4.69, 9.17) is 4.74 Å². The lowest BCUT2D eigenvalue weighted by Gasteiger charge is -2.26. The third-order valence-electron chi connectivity index (χ3n) is 4.38. The van der Waals surface area contributed by atoms with Crippen LogP contribution in [0.5, 0.6) is 5.75 Å². The van der Waals surface area contributed by atoms with Crippen molar-refractivity contribution in [3.63, 3.8) is 0 Å². The number of aryl methyl sites for hydroxylation is 1. The zero-order valence-electron chi connectivity index (χ0n) is 12.1. The monoisotopic (exact) mass is 293 g/mol. The maximum Gasteiger partial charge on any atom is 0.324 e. The van der Waals surface area contributed by atoms with Crippen LogP contribution in [0.15, 0.2) is 18.2 Å². The molecule has 4 nitrogen and oxygen atoms in total. The topological polar surface area (TPSA) is 58.6 Å². The van der Waals surface area contributed by atoms with Crippen LogP contribution in [-0.4, -0.2) is 28.8 Å². The lowest BCUT2D eigenvalue weighted by Crippen LogP contribution is -2.51. The Morgan fingerprint density at radius 3 is 2.86 bits per heavy atom. The molecule has 2 fully saturated rings. The second-order valence-electron chi connectivity index (χ2n) is 6.20. The Balaban J connectivity index is 1.70. The molecule has 1 aromatic rings. The van der Waals surface area contributed by atoms with Gasteiger partial charge in [-0.25, -0.2) is 4.39 Å². The van der Waals surface area contributed by atoms with Gasteiger partial charge in [0.2, 0.25) is 0 Å². The second kappa shape index (κ2) is 5.30. The van der Waals surface area contributed by atoms with Crippen molar-refractivity contribution >= 4 is 5.97 Å². The van der Waals surface area contributed by atoms with E-state index >= 15 is 0 Å². The van der Waals surface area contributed by atoms with Crippen LogP contribution in [0.2, 0.25) is 0 Å². The molecule has 2 aliphatic rings. The Hall–Kier alpha value is -1.62. The maximum absolute atomic E-state index is 13.3. The van der Waals surface area contributed by atoms with Gasteiger partial charge in [0.05, 0.1) is 0 Å². The molecule has 0 spiro atoms. The molecule has 0 amide bonds. The minimum absolute atomic E-state index is 0.187. The molecule has 2 saturated carbocycles. The number of ether oxygens (including phenoxy) is 1. The van der Waals surface area contributed by atoms with E-state index in [2.05, 4.69) is 5.32 Å². The number of benzene rings is 1. The molecule has 3 rings (SSSR count). The summed E-state index contributed by atoms with van der Waals surface area (Å²) < 4.78 is 19.1. The van der Waals surface area contributed by atoms with Gasteiger partial charge in [-0.15, -0.1) is 0 Å². The highest BCUT2D eigenvalue weighted by Gasteiger charge is 2.49. The lowest BCUT2D eigenvalue weighted by atomic mass is 9.97. The van der Waals surface area contributed by atoms with Crippen molar-refractivity contribution in [3.05, 3.63) is 29.6 Å². The first-order valence-corrected chi connectivity index (χ1v) is 7.42. The summed E-state index contributed by atoms with van der Waals surface area (Å²) in [5.41, 5.74) is -0.0213. The highest BCUT2D eigenvalue weighted by Crippen LogP contribution is 2.36. The number of carbonyl (C=O) groups is 1. The molecular weight excluding hydrogens is 273 g/mol. The predicted octanol–water partition coefficient (Wildman–Crippen LogP) is 2.64. The normalized spacial score (nSPS) is 28.6. The molecule has 0 radical (unpaired) electrons. The molecule has 5 heteroatoms. The van der Waals surface area contributed by atoms with E-state index in [0.717, 1.165) is 18.4 Å². The number of carboxylic acids is 1. The molecule has 0 heterocycles. The summed E-state index contributed by atoms with van der Waals surface area (Å²) in [6, 6.07) is 4.76. The zero-order chi connectivity index (χ0) is 15.0. The molecule has 0 aromatic heterocycles. The first-order chi connectivity index (χ1) is 9.98. The molecule has 0 bridgehead atoms. The van der Waals surface area contributed by atoms with Crippen LogP contribution < -0.4 is 10.1 Å². The van der Waals surface area contributed by atoms with Gasteiger partial charge in [0.15, 0.2) is 0 Å². The summed E-state index contributed by atoms with van der Waals surface area (Å²) in [4.78, 5) is 11.6.